The number of hydrogen-bond acceptors (Lipinski definition) is 9. The van der Waals surface area contributed by atoms with Crippen LogP contribution < -0.4 is 4.72 Å². The molecule has 27 heavy (non-hydrogen) atoms. The molecule has 3 aromatic rings. The van der Waals surface area contributed by atoms with Gasteiger partial charge in [-0.05, 0) is 18.2 Å². The van der Waals surface area contributed by atoms with Gasteiger partial charge in [0.2, 0.25) is 5.89 Å². The first kappa shape index (κ1) is 17.9. The second-order valence-corrected chi connectivity index (χ2v) is 6.70. The summed E-state index contributed by atoms with van der Waals surface area (Å²) in [5.74, 6) is -0.0924. The molecule has 0 fully saturated rings. The zero-order valence-corrected chi connectivity index (χ0v) is 14.0. The largest absolute Gasteiger partial charge is 0.403 e. The van der Waals surface area contributed by atoms with Gasteiger partial charge in [0.25, 0.3) is 21.4 Å². The molecule has 0 saturated carbocycles. The number of aromatic nitrogens is 2. The van der Waals surface area contributed by atoms with Crippen molar-refractivity contribution in [1.29, 1.82) is 0 Å². The highest BCUT2D eigenvalue weighted by Crippen LogP contribution is 2.27. The van der Waals surface area contributed by atoms with E-state index in [2.05, 4.69) is 10.2 Å². The van der Waals surface area contributed by atoms with Crippen molar-refractivity contribution in [3.05, 3.63) is 68.8 Å². The van der Waals surface area contributed by atoms with Crippen molar-refractivity contribution in [2.75, 3.05) is 4.72 Å². The molecule has 0 radical (unpaired) electrons. The van der Waals surface area contributed by atoms with Crippen molar-refractivity contribution < 1.29 is 22.7 Å². The number of non-ortho nitro benzene ring substituents is 1. The second kappa shape index (κ2) is 6.80. The maximum Gasteiger partial charge on any atom is 0.330 e. The summed E-state index contributed by atoms with van der Waals surface area (Å²) in [6.07, 6.45) is 0. The molecule has 0 bridgehead atoms. The van der Waals surface area contributed by atoms with Gasteiger partial charge >= 0.3 is 6.01 Å². The third kappa shape index (κ3) is 3.72. The Balaban J connectivity index is 1.87. The van der Waals surface area contributed by atoms with E-state index >= 15 is 0 Å². The van der Waals surface area contributed by atoms with Crippen LogP contribution in [-0.4, -0.2) is 28.5 Å². The van der Waals surface area contributed by atoms with Gasteiger partial charge in [-0.1, -0.05) is 17.2 Å². The van der Waals surface area contributed by atoms with E-state index < -0.39 is 36.5 Å². The first-order valence-electron chi connectivity index (χ1n) is 7.12. The number of hydrogen-bond donors (Lipinski definition) is 1. The molecule has 0 aliphatic heterocycles. The van der Waals surface area contributed by atoms with Gasteiger partial charge in [0.15, 0.2) is 4.90 Å². The van der Waals surface area contributed by atoms with Crippen LogP contribution in [-0.2, 0) is 10.0 Å². The van der Waals surface area contributed by atoms with E-state index in [-0.39, 0.29) is 11.6 Å². The molecular formula is C14H9N5O7S. The van der Waals surface area contributed by atoms with E-state index in [1.165, 1.54) is 36.4 Å². The maximum absolute atomic E-state index is 12.4. The molecule has 0 atom stereocenters. The number of nitrogens with zero attached hydrogens (tertiary/aromatic N) is 4. The quantitative estimate of drug-likeness (QED) is 0.489. The van der Waals surface area contributed by atoms with Crippen molar-refractivity contribution in [3.63, 3.8) is 0 Å². The lowest BCUT2D eigenvalue weighted by Gasteiger charge is -2.04. The highest BCUT2D eigenvalue weighted by atomic mass is 32.2. The number of nitro groups is 2. The van der Waals surface area contributed by atoms with Gasteiger partial charge in [-0.3, -0.25) is 20.2 Å². The standard InChI is InChI=1S/C14H9N5O7S/c20-18(21)10-7-5-9(6-8-10)13-15-16-14(26-13)17-27(24,25)12-4-2-1-3-11(12)19(22)23/h1-8H,(H,16,17). The predicted octanol–water partition coefficient (Wildman–Crippen LogP) is 2.35. The molecule has 0 aliphatic carbocycles. The first-order chi connectivity index (χ1) is 12.8. The minimum Gasteiger partial charge on any atom is -0.403 e. The zero-order chi connectivity index (χ0) is 19.6. The van der Waals surface area contributed by atoms with Crippen molar-refractivity contribution in [2.24, 2.45) is 0 Å². The summed E-state index contributed by atoms with van der Waals surface area (Å²) < 4.78 is 31.9. The van der Waals surface area contributed by atoms with Gasteiger partial charge in [-0.25, -0.2) is 13.1 Å². The molecule has 0 saturated heterocycles. The molecule has 0 unspecified atom stereocenters. The number of benzene rings is 2. The molecular weight excluding hydrogens is 382 g/mol. The van der Waals surface area contributed by atoms with Crippen LogP contribution in [0.2, 0.25) is 0 Å². The summed E-state index contributed by atoms with van der Waals surface area (Å²) >= 11 is 0. The number of nitro benzene ring substituents is 2. The molecule has 3 rings (SSSR count). The maximum atomic E-state index is 12.4. The highest BCUT2D eigenvalue weighted by Gasteiger charge is 2.27. The van der Waals surface area contributed by atoms with Crippen molar-refractivity contribution >= 4 is 27.4 Å². The Kier molecular flexibility index (Phi) is 4.51. The third-order valence-corrected chi connectivity index (χ3v) is 4.69. The lowest BCUT2D eigenvalue weighted by molar-refractivity contribution is -0.387. The van der Waals surface area contributed by atoms with Gasteiger partial charge in [0.1, 0.15) is 0 Å². The van der Waals surface area contributed by atoms with Crippen LogP contribution in [0.3, 0.4) is 0 Å². The zero-order valence-electron chi connectivity index (χ0n) is 13.2. The average Bonchev–Trinajstić information content (AvgIpc) is 3.09. The SMILES string of the molecule is O=[N+]([O-])c1ccc(-c2nnc(NS(=O)(=O)c3ccccc3[N+](=O)[O-])o2)cc1. The van der Waals surface area contributed by atoms with Crippen LogP contribution >= 0.6 is 0 Å². The summed E-state index contributed by atoms with van der Waals surface area (Å²) in [5, 5.41) is 28.8. The van der Waals surface area contributed by atoms with E-state index in [0.29, 0.717) is 5.56 Å². The summed E-state index contributed by atoms with van der Waals surface area (Å²) in [6, 6.07) is 9.40. The fraction of sp³-hybridized carbons (Fsp3) is 0. The second-order valence-electron chi connectivity index (χ2n) is 5.05. The van der Waals surface area contributed by atoms with Gasteiger partial charge < -0.3 is 4.42 Å². The number of sulfonamides is 1. The Morgan fingerprint density at radius 2 is 1.59 bits per heavy atom. The van der Waals surface area contributed by atoms with Crippen LogP contribution in [0.5, 0.6) is 0 Å². The topological polar surface area (TPSA) is 171 Å². The Hall–Kier alpha value is -3.87. The molecule has 1 aromatic heterocycles. The van der Waals surface area contributed by atoms with E-state index in [1.807, 2.05) is 4.72 Å². The molecule has 0 aliphatic rings. The minimum atomic E-state index is -4.35. The Labute approximate surface area is 150 Å². The smallest absolute Gasteiger partial charge is 0.330 e. The molecule has 138 valence electrons. The van der Waals surface area contributed by atoms with Gasteiger partial charge in [-0.15, -0.1) is 5.10 Å². The average molecular weight is 391 g/mol. The van der Waals surface area contributed by atoms with Crippen molar-refractivity contribution in [1.82, 2.24) is 10.2 Å². The van der Waals surface area contributed by atoms with Gasteiger partial charge in [-0.2, -0.15) is 0 Å². The summed E-state index contributed by atoms with van der Waals surface area (Å²) in [4.78, 5) is 19.7. The summed E-state index contributed by atoms with van der Waals surface area (Å²) in [7, 11) is -4.35. The molecule has 1 N–H and O–H groups in total. The molecule has 0 spiro atoms. The van der Waals surface area contributed by atoms with Crippen molar-refractivity contribution in [2.45, 2.75) is 4.90 Å². The molecule has 12 nitrogen and oxygen atoms in total. The third-order valence-electron chi connectivity index (χ3n) is 3.32. The number of para-hydroxylation sites is 1. The number of nitrogens with one attached hydrogen (secondary N) is 1. The number of rotatable bonds is 6. The Bertz CT molecular complexity index is 1120. The normalized spacial score (nSPS) is 11.1. The summed E-state index contributed by atoms with van der Waals surface area (Å²) in [6.45, 7) is 0. The van der Waals surface area contributed by atoms with Crippen LogP contribution in [0.15, 0.2) is 57.8 Å². The van der Waals surface area contributed by atoms with E-state index in [4.69, 9.17) is 4.42 Å². The van der Waals surface area contributed by atoms with Crippen LogP contribution in [0, 0.1) is 20.2 Å². The Morgan fingerprint density at radius 3 is 2.22 bits per heavy atom. The molecule has 2 aromatic carbocycles. The lowest BCUT2D eigenvalue weighted by Crippen LogP contribution is -2.14. The van der Waals surface area contributed by atoms with E-state index in [0.717, 1.165) is 12.1 Å². The lowest BCUT2D eigenvalue weighted by atomic mass is 10.2. The molecule has 0 amide bonds. The monoisotopic (exact) mass is 391 g/mol. The highest BCUT2D eigenvalue weighted by molar-refractivity contribution is 7.92. The van der Waals surface area contributed by atoms with Crippen LogP contribution in [0.25, 0.3) is 11.5 Å². The first-order valence-corrected chi connectivity index (χ1v) is 8.61. The number of anilines is 1. The molecule has 1 heterocycles. The predicted molar refractivity (Wildman–Crippen MR) is 90.3 cm³/mol. The van der Waals surface area contributed by atoms with Gasteiger partial charge in [0.05, 0.1) is 9.85 Å². The van der Waals surface area contributed by atoms with Crippen LogP contribution in [0.1, 0.15) is 0 Å². The summed E-state index contributed by atoms with van der Waals surface area (Å²) in [5.41, 5.74) is -0.431. The molecule has 13 heteroatoms. The fourth-order valence-corrected chi connectivity index (χ4v) is 3.21. The van der Waals surface area contributed by atoms with E-state index in [1.54, 1.807) is 0 Å². The van der Waals surface area contributed by atoms with E-state index in [9.17, 15) is 28.6 Å². The Morgan fingerprint density at radius 1 is 0.926 bits per heavy atom. The van der Waals surface area contributed by atoms with Gasteiger partial charge in [0, 0.05) is 23.8 Å². The minimum absolute atomic E-state index is 0.0924. The van der Waals surface area contributed by atoms with Crippen molar-refractivity contribution in [3.8, 4) is 11.5 Å². The fourth-order valence-electron chi connectivity index (χ4n) is 2.11. The van der Waals surface area contributed by atoms with Crippen LogP contribution in [0.4, 0.5) is 17.4 Å².